The molecule has 0 aliphatic heterocycles. The van der Waals surface area contributed by atoms with Crippen molar-refractivity contribution in [3.63, 3.8) is 0 Å². The Morgan fingerprint density at radius 1 is 0.944 bits per heavy atom. The summed E-state index contributed by atoms with van der Waals surface area (Å²) in [5.74, 6) is 0. The number of halogens is 1. The minimum atomic E-state index is 0.452. The lowest BCUT2D eigenvalue weighted by Crippen LogP contribution is -1.99. The summed E-state index contributed by atoms with van der Waals surface area (Å²) < 4.78 is 1.73. The van der Waals surface area contributed by atoms with Gasteiger partial charge in [0.2, 0.25) is 0 Å². The minimum absolute atomic E-state index is 0.452. The van der Waals surface area contributed by atoms with E-state index in [9.17, 15) is 0 Å². The predicted octanol–water partition coefficient (Wildman–Crippen LogP) is 2.98. The molecule has 0 amide bonds. The monoisotopic (exact) mass is 256 g/mol. The van der Waals surface area contributed by atoms with E-state index >= 15 is 0 Å². The van der Waals surface area contributed by atoms with E-state index in [0.29, 0.717) is 5.15 Å². The van der Waals surface area contributed by atoms with Gasteiger partial charge in [-0.1, -0.05) is 41.1 Å². The molecule has 18 heavy (non-hydrogen) atoms. The van der Waals surface area contributed by atoms with Crippen LogP contribution in [0.3, 0.4) is 0 Å². The maximum atomic E-state index is 5.90. The normalized spacial score (nSPS) is 10.5. The zero-order valence-corrected chi connectivity index (χ0v) is 10.1. The van der Waals surface area contributed by atoms with Gasteiger partial charge in [-0.3, -0.25) is 0 Å². The summed E-state index contributed by atoms with van der Waals surface area (Å²) in [6, 6.07) is 15.3. The van der Waals surface area contributed by atoms with E-state index in [1.165, 1.54) is 0 Å². The summed E-state index contributed by atoms with van der Waals surface area (Å²) >= 11 is 5.90. The molecule has 3 rings (SSSR count). The molecular formula is C13H9ClN4. The lowest BCUT2D eigenvalue weighted by Gasteiger charge is -2.05. The van der Waals surface area contributed by atoms with Crippen molar-refractivity contribution in [1.29, 1.82) is 0 Å². The van der Waals surface area contributed by atoms with Crippen molar-refractivity contribution in [3.8, 4) is 17.1 Å². The first-order chi connectivity index (χ1) is 8.84. The van der Waals surface area contributed by atoms with Crippen molar-refractivity contribution in [2.45, 2.75) is 0 Å². The third-order valence-corrected chi connectivity index (χ3v) is 2.74. The van der Waals surface area contributed by atoms with Gasteiger partial charge in [-0.2, -0.15) is 0 Å². The van der Waals surface area contributed by atoms with Crippen LogP contribution in [0.1, 0.15) is 0 Å². The summed E-state index contributed by atoms with van der Waals surface area (Å²) in [4.78, 5) is 4.27. The molecule has 0 aliphatic carbocycles. The molecule has 0 aliphatic rings. The highest BCUT2D eigenvalue weighted by Gasteiger charge is 2.09. The van der Waals surface area contributed by atoms with Crippen LogP contribution in [-0.2, 0) is 0 Å². The second-order valence-corrected chi connectivity index (χ2v) is 4.10. The third kappa shape index (κ3) is 1.98. The van der Waals surface area contributed by atoms with Crippen LogP contribution in [0.5, 0.6) is 0 Å². The molecule has 0 spiro atoms. The van der Waals surface area contributed by atoms with Crippen LogP contribution in [0, 0.1) is 0 Å². The molecule has 0 saturated carbocycles. The van der Waals surface area contributed by atoms with Gasteiger partial charge in [0.1, 0.15) is 10.8 Å². The van der Waals surface area contributed by atoms with E-state index in [0.717, 1.165) is 17.1 Å². The topological polar surface area (TPSA) is 43.6 Å². The Morgan fingerprint density at radius 3 is 2.56 bits per heavy atom. The molecule has 0 atom stereocenters. The van der Waals surface area contributed by atoms with Crippen molar-refractivity contribution in [2.75, 3.05) is 0 Å². The lowest BCUT2D eigenvalue weighted by molar-refractivity contribution is 0.806. The Balaban J connectivity index is 2.13. The van der Waals surface area contributed by atoms with Gasteiger partial charge in [-0.25, -0.2) is 9.67 Å². The average Bonchev–Trinajstić information content (AvgIpc) is 2.89. The number of hydrogen-bond acceptors (Lipinski definition) is 3. The molecule has 0 saturated heterocycles. The smallest absolute Gasteiger partial charge is 0.129 e. The maximum absolute atomic E-state index is 5.90. The number of hydrogen-bond donors (Lipinski definition) is 0. The third-order valence-electron chi connectivity index (χ3n) is 2.53. The quantitative estimate of drug-likeness (QED) is 0.662. The number of aromatic nitrogens is 4. The fourth-order valence-electron chi connectivity index (χ4n) is 1.72. The maximum Gasteiger partial charge on any atom is 0.129 e. The summed E-state index contributed by atoms with van der Waals surface area (Å²) in [6.07, 6.45) is 1.67. The van der Waals surface area contributed by atoms with Gasteiger partial charge in [0, 0.05) is 0 Å². The highest BCUT2D eigenvalue weighted by atomic mass is 35.5. The SMILES string of the molecule is Clc1cccc(-c2cnnn2-c2ccccc2)n1. The molecule has 0 unspecified atom stereocenters. The predicted molar refractivity (Wildman–Crippen MR) is 69.6 cm³/mol. The van der Waals surface area contributed by atoms with Crippen LogP contribution < -0.4 is 0 Å². The molecule has 3 aromatic rings. The van der Waals surface area contributed by atoms with Gasteiger partial charge in [-0.15, -0.1) is 5.10 Å². The number of para-hydroxylation sites is 1. The molecule has 0 radical (unpaired) electrons. The number of rotatable bonds is 2. The molecule has 0 fully saturated rings. The zero-order valence-electron chi connectivity index (χ0n) is 9.36. The highest BCUT2D eigenvalue weighted by molar-refractivity contribution is 6.29. The van der Waals surface area contributed by atoms with Gasteiger partial charge < -0.3 is 0 Å². The molecular weight excluding hydrogens is 248 g/mol. The highest BCUT2D eigenvalue weighted by Crippen LogP contribution is 2.20. The van der Waals surface area contributed by atoms with E-state index in [4.69, 9.17) is 11.6 Å². The Morgan fingerprint density at radius 2 is 1.78 bits per heavy atom. The second kappa shape index (κ2) is 4.58. The lowest BCUT2D eigenvalue weighted by atomic mass is 10.2. The van der Waals surface area contributed by atoms with Gasteiger partial charge in [0.15, 0.2) is 0 Å². The number of pyridine rings is 1. The molecule has 4 nitrogen and oxygen atoms in total. The van der Waals surface area contributed by atoms with Crippen LogP contribution in [0.25, 0.3) is 17.1 Å². The fourth-order valence-corrected chi connectivity index (χ4v) is 1.88. The van der Waals surface area contributed by atoms with Crippen LogP contribution >= 0.6 is 11.6 Å². The van der Waals surface area contributed by atoms with Gasteiger partial charge in [0.05, 0.1) is 17.6 Å². The Bertz CT molecular complexity index is 664. The van der Waals surface area contributed by atoms with E-state index < -0.39 is 0 Å². The minimum Gasteiger partial charge on any atom is -0.234 e. The van der Waals surface area contributed by atoms with Gasteiger partial charge >= 0.3 is 0 Å². The molecule has 5 heteroatoms. The Kier molecular flexibility index (Phi) is 2.78. The van der Waals surface area contributed by atoms with Gasteiger partial charge in [-0.05, 0) is 24.3 Å². The Labute approximate surface area is 109 Å². The molecule has 88 valence electrons. The molecule has 0 N–H and O–H groups in total. The summed E-state index contributed by atoms with van der Waals surface area (Å²) in [5, 5.41) is 8.46. The van der Waals surface area contributed by atoms with Crippen LogP contribution in [0.4, 0.5) is 0 Å². The van der Waals surface area contributed by atoms with Crippen LogP contribution in [-0.4, -0.2) is 20.0 Å². The van der Waals surface area contributed by atoms with E-state index in [1.54, 1.807) is 16.9 Å². The first-order valence-corrected chi connectivity index (χ1v) is 5.81. The van der Waals surface area contributed by atoms with Crippen molar-refractivity contribution >= 4 is 11.6 Å². The zero-order chi connectivity index (χ0) is 12.4. The average molecular weight is 257 g/mol. The van der Waals surface area contributed by atoms with E-state index in [1.807, 2.05) is 42.5 Å². The largest absolute Gasteiger partial charge is 0.234 e. The summed E-state index contributed by atoms with van der Waals surface area (Å²) in [5.41, 5.74) is 2.49. The van der Waals surface area contributed by atoms with Crippen LogP contribution in [0.15, 0.2) is 54.7 Å². The number of benzene rings is 1. The van der Waals surface area contributed by atoms with Gasteiger partial charge in [0.25, 0.3) is 0 Å². The molecule has 2 heterocycles. The van der Waals surface area contributed by atoms with Crippen molar-refractivity contribution < 1.29 is 0 Å². The van der Waals surface area contributed by atoms with E-state index in [-0.39, 0.29) is 0 Å². The number of nitrogens with zero attached hydrogens (tertiary/aromatic N) is 4. The van der Waals surface area contributed by atoms with Crippen LogP contribution in [0.2, 0.25) is 5.15 Å². The summed E-state index contributed by atoms with van der Waals surface area (Å²) in [7, 11) is 0. The van der Waals surface area contributed by atoms with Crippen molar-refractivity contribution in [1.82, 2.24) is 20.0 Å². The van der Waals surface area contributed by atoms with Crippen molar-refractivity contribution in [2.24, 2.45) is 0 Å². The fraction of sp³-hybridized carbons (Fsp3) is 0. The molecule has 2 aromatic heterocycles. The van der Waals surface area contributed by atoms with Crippen molar-refractivity contribution in [3.05, 3.63) is 59.9 Å². The Hall–Kier alpha value is -2.20. The van der Waals surface area contributed by atoms with E-state index in [2.05, 4.69) is 15.3 Å². The molecule has 0 bridgehead atoms. The molecule has 1 aromatic carbocycles. The summed E-state index contributed by atoms with van der Waals surface area (Å²) in [6.45, 7) is 0. The standard InChI is InChI=1S/C13H9ClN4/c14-13-8-4-7-11(16-13)12-9-15-17-18(12)10-5-2-1-3-6-10/h1-9H. The second-order valence-electron chi connectivity index (χ2n) is 3.71. The first-order valence-electron chi connectivity index (χ1n) is 5.43. The first kappa shape index (κ1) is 10.9.